The van der Waals surface area contributed by atoms with Crippen LogP contribution >= 0.6 is 8.53 Å². The summed E-state index contributed by atoms with van der Waals surface area (Å²) < 4.78 is 4.81. The topological polar surface area (TPSA) is 55.5 Å². The minimum atomic E-state index is -1.78. The molecule has 1 aromatic carbocycles. The average molecular weight is 157 g/mol. The van der Waals surface area contributed by atoms with Crippen molar-refractivity contribution in [1.29, 1.82) is 0 Å². The van der Waals surface area contributed by atoms with Gasteiger partial charge in [-0.05, 0) is 12.1 Å². The summed E-state index contributed by atoms with van der Waals surface area (Å²) in [6.45, 7) is 0. The predicted octanol–water partition coefficient (Wildman–Crippen LogP) is 1.24. The Morgan fingerprint density at radius 3 is 2.40 bits per heavy atom. The highest BCUT2D eigenvalue weighted by Crippen LogP contribution is 2.24. The van der Waals surface area contributed by atoms with Crippen molar-refractivity contribution in [2.45, 2.75) is 0 Å². The molecule has 0 radical (unpaired) electrons. The number of nitrogens with two attached hydrogens (primary N) is 1. The highest BCUT2D eigenvalue weighted by molar-refractivity contribution is 7.43. The molecule has 1 unspecified atom stereocenters. The van der Waals surface area contributed by atoms with Crippen LogP contribution in [0.4, 0.5) is 0 Å². The summed E-state index contributed by atoms with van der Waals surface area (Å²) >= 11 is 0. The van der Waals surface area contributed by atoms with Gasteiger partial charge in [-0.3, -0.25) is 5.50 Å². The molecule has 0 aromatic heterocycles. The zero-order valence-electron chi connectivity index (χ0n) is 5.27. The lowest BCUT2D eigenvalue weighted by Gasteiger charge is -2.04. The van der Waals surface area contributed by atoms with Gasteiger partial charge in [0.15, 0.2) is 0 Å². The number of benzene rings is 1. The molecule has 3 N–H and O–H groups in total. The Bertz CT molecular complexity index is 190. The normalized spacial score (nSPS) is 12.6. The van der Waals surface area contributed by atoms with Gasteiger partial charge in [-0.25, -0.2) is 0 Å². The van der Waals surface area contributed by atoms with Gasteiger partial charge in [-0.1, -0.05) is 18.2 Å². The van der Waals surface area contributed by atoms with Crippen molar-refractivity contribution in [3.63, 3.8) is 0 Å². The molecular weight excluding hydrogens is 149 g/mol. The van der Waals surface area contributed by atoms with Crippen molar-refractivity contribution in [1.82, 2.24) is 0 Å². The van der Waals surface area contributed by atoms with Crippen LogP contribution in [0, 0.1) is 0 Å². The van der Waals surface area contributed by atoms with Gasteiger partial charge in [0.1, 0.15) is 5.75 Å². The van der Waals surface area contributed by atoms with E-state index in [1.807, 2.05) is 18.2 Å². The first-order chi connectivity index (χ1) is 4.79. The molecule has 10 heavy (non-hydrogen) atoms. The Morgan fingerprint density at radius 1 is 1.30 bits per heavy atom. The summed E-state index contributed by atoms with van der Waals surface area (Å²) in [4.78, 5) is 8.63. The van der Waals surface area contributed by atoms with E-state index >= 15 is 0 Å². The number of hydrogen-bond acceptors (Lipinski definition) is 3. The summed E-state index contributed by atoms with van der Waals surface area (Å²) in [5, 5.41) is 0. The van der Waals surface area contributed by atoms with Gasteiger partial charge < -0.3 is 9.42 Å². The van der Waals surface area contributed by atoms with Crippen LogP contribution in [-0.2, 0) is 0 Å². The molecule has 0 aliphatic carbocycles. The summed E-state index contributed by atoms with van der Waals surface area (Å²) in [5.41, 5.74) is 5.02. The predicted molar refractivity (Wildman–Crippen MR) is 40.4 cm³/mol. The fraction of sp³-hybridized carbons (Fsp3) is 0. The van der Waals surface area contributed by atoms with Crippen molar-refractivity contribution in [3.8, 4) is 5.75 Å². The highest BCUT2D eigenvalue weighted by Gasteiger charge is 1.96. The molecule has 3 nitrogen and oxygen atoms in total. The van der Waals surface area contributed by atoms with Crippen molar-refractivity contribution in [2.24, 2.45) is 5.50 Å². The highest BCUT2D eigenvalue weighted by atomic mass is 31.2. The summed E-state index contributed by atoms with van der Waals surface area (Å²) in [5.74, 6) is 0.596. The van der Waals surface area contributed by atoms with Crippen molar-refractivity contribution >= 4 is 8.53 Å². The van der Waals surface area contributed by atoms with Crippen LogP contribution in [0.5, 0.6) is 5.75 Å². The van der Waals surface area contributed by atoms with Crippen LogP contribution in [0.3, 0.4) is 0 Å². The quantitative estimate of drug-likeness (QED) is 0.635. The molecule has 4 heteroatoms. The van der Waals surface area contributed by atoms with Crippen molar-refractivity contribution in [2.75, 3.05) is 0 Å². The second-order valence-electron chi connectivity index (χ2n) is 1.71. The van der Waals surface area contributed by atoms with E-state index in [0.717, 1.165) is 0 Å². The zero-order chi connectivity index (χ0) is 7.40. The second-order valence-corrected chi connectivity index (χ2v) is 2.49. The molecule has 0 fully saturated rings. The largest absolute Gasteiger partial charge is 0.436 e. The first-order valence-corrected chi connectivity index (χ1v) is 4.04. The van der Waals surface area contributed by atoms with Crippen LogP contribution in [0.2, 0.25) is 0 Å². The third kappa shape index (κ3) is 2.31. The molecule has 0 heterocycles. The lowest BCUT2D eigenvalue weighted by molar-refractivity contribution is 0.488. The molecule has 0 saturated carbocycles. The molecule has 0 aliphatic heterocycles. The first-order valence-electron chi connectivity index (χ1n) is 2.76. The van der Waals surface area contributed by atoms with Gasteiger partial charge in [0.25, 0.3) is 0 Å². The van der Waals surface area contributed by atoms with Crippen LogP contribution in [0.25, 0.3) is 0 Å². The summed E-state index contributed by atoms with van der Waals surface area (Å²) in [7, 11) is -1.78. The number of para-hydroxylation sites is 1. The molecule has 54 valence electrons. The Labute approximate surface area is 60.4 Å². The van der Waals surface area contributed by atoms with E-state index in [0.29, 0.717) is 5.75 Å². The minimum Gasteiger partial charge on any atom is -0.436 e. The maximum Gasteiger partial charge on any atom is 0.312 e. The Balaban J connectivity index is 2.59. The van der Waals surface area contributed by atoms with Gasteiger partial charge in [0.05, 0.1) is 0 Å². The maximum absolute atomic E-state index is 8.63. The molecule has 0 amide bonds. The third-order valence-corrected chi connectivity index (χ3v) is 1.34. The van der Waals surface area contributed by atoms with Gasteiger partial charge in [0, 0.05) is 0 Å². The maximum atomic E-state index is 8.63. The van der Waals surface area contributed by atoms with Gasteiger partial charge in [0.2, 0.25) is 0 Å². The summed E-state index contributed by atoms with van der Waals surface area (Å²) in [6.07, 6.45) is 0. The van der Waals surface area contributed by atoms with Crippen LogP contribution in [0.1, 0.15) is 0 Å². The SMILES string of the molecule is NP(O)Oc1ccccc1. The lowest BCUT2D eigenvalue weighted by atomic mass is 10.3. The fourth-order valence-electron chi connectivity index (χ4n) is 0.589. The van der Waals surface area contributed by atoms with E-state index in [9.17, 15) is 0 Å². The third-order valence-electron chi connectivity index (χ3n) is 0.942. The monoisotopic (exact) mass is 157 g/mol. The molecule has 0 bridgehead atoms. The Hall–Kier alpha value is -0.630. The van der Waals surface area contributed by atoms with Crippen LogP contribution < -0.4 is 10.0 Å². The van der Waals surface area contributed by atoms with E-state index in [4.69, 9.17) is 14.9 Å². The minimum absolute atomic E-state index is 0.596. The van der Waals surface area contributed by atoms with E-state index in [1.165, 1.54) is 0 Å². The molecule has 1 atom stereocenters. The summed E-state index contributed by atoms with van der Waals surface area (Å²) in [6, 6.07) is 8.96. The van der Waals surface area contributed by atoms with Crippen molar-refractivity contribution in [3.05, 3.63) is 30.3 Å². The van der Waals surface area contributed by atoms with Gasteiger partial charge >= 0.3 is 8.53 Å². The molecule has 1 aromatic rings. The second kappa shape index (κ2) is 3.52. The zero-order valence-corrected chi connectivity index (χ0v) is 6.16. The first kappa shape index (κ1) is 7.48. The lowest BCUT2D eigenvalue weighted by Crippen LogP contribution is -1.93. The standard InChI is InChI=1S/C6H8NO2P/c7-10(8)9-6-4-2-1-3-5-6/h1-5,8H,7H2. The molecule has 0 spiro atoms. The van der Waals surface area contributed by atoms with E-state index in [1.54, 1.807) is 12.1 Å². The van der Waals surface area contributed by atoms with Gasteiger partial charge in [-0.15, -0.1) is 0 Å². The van der Waals surface area contributed by atoms with E-state index in [2.05, 4.69) is 0 Å². The average Bonchev–Trinajstić information content (AvgIpc) is 1.88. The van der Waals surface area contributed by atoms with Gasteiger partial charge in [-0.2, -0.15) is 0 Å². The molecule has 0 saturated heterocycles. The van der Waals surface area contributed by atoms with Crippen LogP contribution in [-0.4, -0.2) is 4.89 Å². The molecule has 0 aliphatic rings. The van der Waals surface area contributed by atoms with E-state index in [-0.39, 0.29) is 0 Å². The molecule has 1 rings (SSSR count). The fourth-order valence-corrected chi connectivity index (χ4v) is 0.927. The molecular formula is C6H8NO2P. The van der Waals surface area contributed by atoms with E-state index < -0.39 is 8.53 Å². The smallest absolute Gasteiger partial charge is 0.312 e. The Morgan fingerprint density at radius 2 is 1.90 bits per heavy atom. The number of rotatable bonds is 2. The van der Waals surface area contributed by atoms with Crippen LogP contribution in [0.15, 0.2) is 30.3 Å². The Kier molecular flexibility index (Phi) is 2.63. The number of hydrogen-bond donors (Lipinski definition) is 2. The van der Waals surface area contributed by atoms with Crippen molar-refractivity contribution < 1.29 is 9.42 Å².